The zero-order valence-corrected chi connectivity index (χ0v) is 13.7. The summed E-state index contributed by atoms with van der Waals surface area (Å²) in [6, 6.07) is 12.9. The van der Waals surface area contributed by atoms with Gasteiger partial charge in [-0.15, -0.1) is 0 Å². The minimum absolute atomic E-state index is 0.221. The number of anilines is 1. The Kier molecular flexibility index (Phi) is 5.13. The molecule has 0 radical (unpaired) electrons. The highest BCUT2D eigenvalue weighted by atomic mass is 16.5. The molecule has 0 unspecified atom stereocenters. The van der Waals surface area contributed by atoms with E-state index in [1.807, 2.05) is 35.2 Å². The average Bonchev–Trinajstić information content (AvgIpc) is 2.67. The topological polar surface area (TPSA) is 83.0 Å². The van der Waals surface area contributed by atoms with E-state index in [1.54, 1.807) is 12.1 Å². The van der Waals surface area contributed by atoms with Gasteiger partial charge >= 0.3 is 12.1 Å². The van der Waals surface area contributed by atoms with Gasteiger partial charge in [-0.1, -0.05) is 30.3 Å². The van der Waals surface area contributed by atoms with Crippen LogP contribution >= 0.6 is 0 Å². The predicted octanol–water partition coefficient (Wildman–Crippen LogP) is 2.24. The standard InChI is InChI=1S/C18H19N3O4/c22-17(25-13-14-4-2-1-3-5-14)15-6-7-16(19-12-15)20-8-10-21(11-9-20)18(23)24/h1-7,12H,8-11,13H2,(H,23,24). The summed E-state index contributed by atoms with van der Waals surface area (Å²) in [6.07, 6.45) is 0.593. The highest BCUT2D eigenvalue weighted by Crippen LogP contribution is 2.15. The molecule has 130 valence electrons. The number of piperazine rings is 1. The van der Waals surface area contributed by atoms with E-state index in [9.17, 15) is 9.59 Å². The first-order valence-electron chi connectivity index (χ1n) is 8.03. The van der Waals surface area contributed by atoms with E-state index < -0.39 is 12.1 Å². The van der Waals surface area contributed by atoms with E-state index >= 15 is 0 Å². The monoisotopic (exact) mass is 341 g/mol. The largest absolute Gasteiger partial charge is 0.465 e. The summed E-state index contributed by atoms with van der Waals surface area (Å²) in [5, 5.41) is 8.97. The molecule has 1 amide bonds. The van der Waals surface area contributed by atoms with Crippen LogP contribution in [-0.4, -0.2) is 53.2 Å². The van der Waals surface area contributed by atoms with Gasteiger partial charge in [-0.2, -0.15) is 0 Å². The number of carboxylic acid groups (broad SMARTS) is 1. The number of nitrogens with zero attached hydrogens (tertiary/aromatic N) is 3. The van der Waals surface area contributed by atoms with Gasteiger partial charge in [-0.3, -0.25) is 0 Å². The van der Waals surface area contributed by atoms with Crippen LogP contribution in [-0.2, 0) is 11.3 Å². The number of ether oxygens (including phenoxy) is 1. The molecule has 1 aliphatic rings. The van der Waals surface area contributed by atoms with Crippen molar-refractivity contribution in [1.82, 2.24) is 9.88 Å². The van der Waals surface area contributed by atoms with Gasteiger partial charge in [-0.25, -0.2) is 14.6 Å². The third-order valence-corrected chi connectivity index (χ3v) is 4.07. The minimum atomic E-state index is -0.899. The molecular weight excluding hydrogens is 322 g/mol. The maximum atomic E-state index is 12.1. The molecule has 2 aromatic rings. The molecule has 1 N–H and O–H groups in total. The Morgan fingerprint density at radius 2 is 1.76 bits per heavy atom. The van der Waals surface area contributed by atoms with Gasteiger partial charge in [0, 0.05) is 32.4 Å². The lowest BCUT2D eigenvalue weighted by Crippen LogP contribution is -2.48. The molecule has 1 saturated heterocycles. The molecule has 7 heteroatoms. The van der Waals surface area contributed by atoms with Crippen molar-refractivity contribution < 1.29 is 19.4 Å². The second-order valence-electron chi connectivity index (χ2n) is 5.72. The maximum Gasteiger partial charge on any atom is 0.407 e. The van der Waals surface area contributed by atoms with Crippen molar-refractivity contribution in [3.8, 4) is 0 Å². The second-order valence-corrected chi connectivity index (χ2v) is 5.72. The molecule has 2 heterocycles. The molecule has 1 aliphatic heterocycles. The highest BCUT2D eigenvalue weighted by Gasteiger charge is 2.21. The Morgan fingerprint density at radius 1 is 1.04 bits per heavy atom. The van der Waals surface area contributed by atoms with E-state index in [1.165, 1.54) is 11.1 Å². The first-order chi connectivity index (χ1) is 12.1. The van der Waals surface area contributed by atoms with E-state index in [0.717, 1.165) is 11.4 Å². The molecule has 7 nitrogen and oxygen atoms in total. The average molecular weight is 341 g/mol. The number of carbonyl (C=O) groups excluding carboxylic acids is 1. The third kappa shape index (κ3) is 4.26. The van der Waals surface area contributed by atoms with Crippen molar-refractivity contribution in [2.24, 2.45) is 0 Å². The molecule has 1 aromatic carbocycles. The number of aromatic nitrogens is 1. The van der Waals surface area contributed by atoms with Crippen LogP contribution in [0.15, 0.2) is 48.7 Å². The second kappa shape index (κ2) is 7.65. The van der Waals surface area contributed by atoms with Gasteiger partial charge in [0.25, 0.3) is 0 Å². The van der Waals surface area contributed by atoms with Gasteiger partial charge in [-0.05, 0) is 17.7 Å². The first kappa shape index (κ1) is 16.8. The Balaban J connectivity index is 1.55. The molecule has 0 bridgehead atoms. The van der Waals surface area contributed by atoms with Gasteiger partial charge in [0.15, 0.2) is 0 Å². The Bertz CT molecular complexity index is 726. The van der Waals surface area contributed by atoms with Crippen molar-refractivity contribution in [2.45, 2.75) is 6.61 Å². The quantitative estimate of drug-likeness (QED) is 0.859. The lowest BCUT2D eigenvalue weighted by Gasteiger charge is -2.33. The summed E-state index contributed by atoms with van der Waals surface area (Å²) in [7, 11) is 0. The number of hydrogen-bond acceptors (Lipinski definition) is 5. The molecule has 0 aliphatic carbocycles. The Labute approximate surface area is 145 Å². The number of pyridine rings is 1. The van der Waals surface area contributed by atoms with Crippen molar-refractivity contribution in [3.05, 3.63) is 59.8 Å². The molecule has 0 spiro atoms. The zero-order valence-electron chi connectivity index (χ0n) is 13.7. The summed E-state index contributed by atoms with van der Waals surface area (Å²) >= 11 is 0. The van der Waals surface area contributed by atoms with Crippen LogP contribution in [0.1, 0.15) is 15.9 Å². The van der Waals surface area contributed by atoms with E-state index in [-0.39, 0.29) is 6.61 Å². The number of rotatable bonds is 4. The zero-order chi connectivity index (χ0) is 17.6. The summed E-state index contributed by atoms with van der Waals surface area (Å²) in [5.74, 6) is 0.309. The van der Waals surface area contributed by atoms with Crippen LogP contribution < -0.4 is 4.90 Å². The smallest absolute Gasteiger partial charge is 0.407 e. The van der Waals surface area contributed by atoms with Crippen LogP contribution in [0.5, 0.6) is 0 Å². The molecular formula is C18H19N3O4. The van der Waals surface area contributed by atoms with Crippen molar-refractivity contribution in [1.29, 1.82) is 0 Å². The Hall–Kier alpha value is -3.09. The van der Waals surface area contributed by atoms with E-state index in [0.29, 0.717) is 31.7 Å². The predicted molar refractivity (Wildman–Crippen MR) is 91.6 cm³/mol. The first-order valence-corrected chi connectivity index (χ1v) is 8.03. The molecule has 0 atom stereocenters. The fourth-order valence-corrected chi connectivity index (χ4v) is 2.63. The number of benzene rings is 1. The lowest BCUT2D eigenvalue weighted by molar-refractivity contribution is 0.0472. The molecule has 0 saturated carbocycles. The molecule has 1 aromatic heterocycles. The summed E-state index contributed by atoms with van der Waals surface area (Å²) in [5.41, 5.74) is 1.32. The van der Waals surface area contributed by atoms with Crippen LogP contribution in [0.3, 0.4) is 0 Å². The number of amides is 1. The van der Waals surface area contributed by atoms with Crippen molar-refractivity contribution >= 4 is 17.9 Å². The van der Waals surface area contributed by atoms with E-state index in [2.05, 4.69) is 4.98 Å². The third-order valence-electron chi connectivity index (χ3n) is 4.07. The molecule has 25 heavy (non-hydrogen) atoms. The van der Waals surface area contributed by atoms with Crippen molar-refractivity contribution in [3.63, 3.8) is 0 Å². The minimum Gasteiger partial charge on any atom is -0.465 e. The summed E-state index contributed by atoms with van der Waals surface area (Å²) < 4.78 is 5.28. The van der Waals surface area contributed by atoms with Crippen LogP contribution in [0.2, 0.25) is 0 Å². The summed E-state index contributed by atoms with van der Waals surface area (Å²) in [6.45, 7) is 2.27. The number of hydrogen-bond donors (Lipinski definition) is 1. The van der Waals surface area contributed by atoms with E-state index in [4.69, 9.17) is 9.84 Å². The normalized spacial score (nSPS) is 14.2. The molecule has 3 rings (SSSR count). The van der Waals surface area contributed by atoms with Crippen molar-refractivity contribution in [2.75, 3.05) is 31.1 Å². The van der Waals surface area contributed by atoms with Gasteiger partial charge in [0.05, 0.1) is 5.56 Å². The van der Waals surface area contributed by atoms with Crippen LogP contribution in [0.4, 0.5) is 10.6 Å². The SMILES string of the molecule is O=C(OCc1ccccc1)c1ccc(N2CCN(C(=O)O)CC2)nc1. The molecule has 1 fully saturated rings. The van der Waals surface area contributed by atoms with Gasteiger partial charge < -0.3 is 19.6 Å². The fraction of sp³-hybridized carbons (Fsp3) is 0.278. The highest BCUT2D eigenvalue weighted by molar-refractivity contribution is 5.89. The van der Waals surface area contributed by atoms with Crippen LogP contribution in [0.25, 0.3) is 0 Å². The van der Waals surface area contributed by atoms with Crippen LogP contribution in [0, 0.1) is 0 Å². The number of esters is 1. The number of carbonyl (C=O) groups is 2. The maximum absolute atomic E-state index is 12.1. The summed E-state index contributed by atoms with van der Waals surface area (Å²) in [4.78, 5) is 30.7. The fourth-order valence-electron chi connectivity index (χ4n) is 2.63. The lowest BCUT2D eigenvalue weighted by atomic mass is 10.2. The Morgan fingerprint density at radius 3 is 2.36 bits per heavy atom. The van der Waals surface area contributed by atoms with Gasteiger partial charge in [0.1, 0.15) is 12.4 Å². The van der Waals surface area contributed by atoms with Gasteiger partial charge in [0.2, 0.25) is 0 Å².